The molecule has 0 atom stereocenters. The number of halogens is 1. The fraction of sp³-hybridized carbons (Fsp3) is 0.435. The van der Waals surface area contributed by atoms with Gasteiger partial charge >= 0.3 is 0 Å². The summed E-state index contributed by atoms with van der Waals surface area (Å²) in [4.78, 5) is 12.1. The lowest BCUT2D eigenvalue weighted by molar-refractivity contribution is -0.124. The highest BCUT2D eigenvalue weighted by molar-refractivity contribution is 5.85. The molecular weight excluding hydrogens is 404 g/mol. The van der Waals surface area contributed by atoms with Crippen molar-refractivity contribution in [3.8, 4) is 17.2 Å². The number of carbonyl (C=O) groups excluding carboxylic acids is 1. The number of nitrogens with one attached hydrogen (secondary N) is 2. The topological polar surface area (TPSA) is 68.8 Å². The summed E-state index contributed by atoms with van der Waals surface area (Å²) in [6.07, 6.45) is 0.901. The van der Waals surface area contributed by atoms with E-state index in [1.165, 1.54) is 5.56 Å². The molecule has 0 fully saturated rings. The first-order valence-corrected chi connectivity index (χ1v) is 9.75. The van der Waals surface area contributed by atoms with Crippen LogP contribution in [0.5, 0.6) is 17.2 Å². The van der Waals surface area contributed by atoms with Crippen molar-refractivity contribution < 1.29 is 19.0 Å². The Morgan fingerprint density at radius 2 is 1.70 bits per heavy atom. The summed E-state index contributed by atoms with van der Waals surface area (Å²) in [5, 5.41) is 6.32. The van der Waals surface area contributed by atoms with Gasteiger partial charge in [-0.3, -0.25) is 4.79 Å². The zero-order valence-electron chi connectivity index (χ0n) is 18.4. The molecule has 0 radical (unpaired) electrons. The molecule has 0 bridgehead atoms. The number of carbonyl (C=O) groups is 1. The summed E-state index contributed by atoms with van der Waals surface area (Å²) in [6.45, 7) is 7.18. The normalized spacial score (nSPS) is 10.7. The van der Waals surface area contributed by atoms with Gasteiger partial charge in [0.2, 0.25) is 0 Å². The van der Waals surface area contributed by atoms with Crippen molar-refractivity contribution in [2.45, 2.75) is 39.3 Å². The number of hydrogen-bond acceptors (Lipinski definition) is 5. The maximum Gasteiger partial charge on any atom is 0.258 e. The predicted molar refractivity (Wildman–Crippen MR) is 122 cm³/mol. The maximum atomic E-state index is 12.1. The SMILES string of the molecule is COc1ccc(CCNCc2cccc(OC)c2OCC(=O)NC(C)(C)C)cc1.Cl. The van der Waals surface area contributed by atoms with Crippen molar-refractivity contribution in [3.63, 3.8) is 0 Å². The Hall–Kier alpha value is -2.44. The quantitative estimate of drug-likeness (QED) is 0.555. The molecule has 0 aliphatic carbocycles. The van der Waals surface area contributed by atoms with E-state index in [-0.39, 0.29) is 30.5 Å². The summed E-state index contributed by atoms with van der Waals surface area (Å²) in [5.74, 6) is 1.90. The summed E-state index contributed by atoms with van der Waals surface area (Å²) in [5.41, 5.74) is 1.88. The first-order valence-electron chi connectivity index (χ1n) is 9.75. The van der Waals surface area contributed by atoms with Gasteiger partial charge < -0.3 is 24.8 Å². The van der Waals surface area contributed by atoms with Crippen LogP contribution >= 0.6 is 12.4 Å². The summed E-state index contributed by atoms with van der Waals surface area (Å²) in [6, 6.07) is 13.8. The van der Waals surface area contributed by atoms with Crippen molar-refractivity contribution in [2.24, 2.45) is 0 Å². The van der Waals surface area contributed by atoms with E-state index in [0.717, 1.165) is 24.3 Å². The molecule has 1 amide bonds. The van der Waals surface area contributed by atoms with Gasteiger partial charge in [0.15, 0.2) is 18.1 Å². The molecule has 0 saturated carbocycles. The third kappa shape index (κ3) is 8.51. The number of ether oxygens (including phenoxy) is 3. The molecule has 30 heavy (non-hydrogen) atoms. The first kappa shape index (κ1) is 25.6. The van der Waals surface area contributed by atoms with Gasteiger partial charge in [-0.2, -0.15) is 0 Å². The lowest BCUT2D eigenvalue weighted by Crippen LogP contribution is -2.43. The first-order chi connectivity index (χ1) is 13.8. The van der Waals surface area contributed by atoms with Crippen LogP contribution in [0.2, 0.25) is 0 Å². The second-order valence-corrected chi connectivity index (χ2v) is 7.81. The summed E-state index contributed by atoms with van der Waals surface area (Å²) in [7, 11) is 3.26. The summed E-state index contributed by atoms with van der Waals surface area (Å²) < 4.78 is 16.4. The Morgan fingerprint density at radius 1 is 1.00 bits per heavy atom. The van der Waals surface area contributed by atoms with Crippen LogP contribution in [-0.4, -0.2) is 38.8 Å². The molecule has 2 N–H and O–H groups in total. The minimum Gasteiger partial charge on any atom is -0.497 e. The second-order valence-electron chi connectivity index (χ2n) is 7.81. The standard InChI is InChI=1S/C23H32N2O4.ClH/c1-23(2,3)25-21(26)16-29-22-18(7-6-8-20(22)28-5)15-24-14-13-17-9-11-19(27-4)12-10-17;/h6-12,24H,13-16H2,1-5H3,(H,25,26);1H. The number of benzene rings is 2. The Kier molecular flexibility index (Phi) is 10.5. The number of methoxy groups -OCH3 is 2. The van der Waals surface area contributed by atoms with Gasteiger partial charge in [0.1, 0.15) is 5.75 Å². The van der Waals surface area contributed by atoms with E-state index >= 15 is 0 Å². The van der Waals surface area contributed by atoms with E-state index < -0.39 is 0 Å². The molecule has 0 spiro atoms. The van der Waals surface area contributed by atoms with Gasteiger partial charge in [0.05, 0.1) is 14.2 Å². The zero-order valence-corrected chi connectivity index (χ0v) is 19.2. The molecule has 0 heterocycles. The van der Waals surface area contributed by atoms with Crippen molar-refractivity contribution in [1.29, 1.82) is 0 Å². The van der Waals surface area contributed by atoms with Crippen molar-refractivity contribution in [3.05, 3.63) is 53.6 Å². The molecule has 0 aliphatic rings. The van der Waals surface area contributed by atoms with E-state index in [0.29, 0.717) is 18.0 Å². The van der Waals surface area contributed by atoms with Gasteiger partial charge in [-0.15, -0.1) is 12.4 Å². The van der Waals surface area contributed by atoms with Gasteiger partial charge in [-0.25, -0.2) is 0 Å². The molecule has 7 heteroatoms. The molecule has 0 saturated heterocycles. The Morgan fingerprint density at radius 3 is 2.30 bits per heavy atom. The van der Waals surface area contributed by atoms with Crippen LogP contribution in [0.1, 0.15) is 31.9 Å². The molecule has 0 aromatic heterocycles. The Labute approximate surface area is 185 Å². The fourth-order valence-electron chi connectivity index (χ4n) is 2.87. The van der Waals surface area contributed by atoms with E-state index in [9.17, 15) is 4.79 Å². The minimum atomic E-state index is -0.299. The smallest absolute Gasteiger partial charge is 0.258 e. The fourth-order valence-corrected chi connectivity index (χ4v) is 2.87. The van der Waals surface area contributed by atoms with Crippen LogP contribution in [0.3, 0.4) is 0 Å². The van der Waals surface area contributed by atoms with Gasteiger partial charge in [-0.1, -0.05) is 24.3 Å². The molecule has 2 rings (SSSR count). The Balaban J connectivity index is 0.00000450. The number of hydrogen-bond donors (Lipinski definition) is 2. The predicted octanol–water partition coefficient (Wildman–Crippen LogP) is 3.75. The largest absolute Gasteiger partial charge is 0.497 e. The van der Waals surface area contributed by atoms with Crippen molar-refractivity contribution in [1.82, 2.24) is 10.6 Å². The van der Waals surface area contributed by atoms with Crippen molar-refractivity contribution >= 4 is 18.3 Å². The molecule has 2 aromatic rings. The Bertz CT molecular complexity index is 789. The highest BCUT2D eigenvalue weighted by Gasteiger charge is 2.16. The van der Waals surface area contributed by atoms with Crippen LogP contribution in [-0.2, 0) is 17.8 Å². The average Bonchev–Trinajstić information content (AvgIpc) is 2.69. The molecule has 0 aliphatic heterocycles. The van der Waals surface area contributed by atoms with Crippen LogP contribution in [0, 0.1) is 0 Å². The molecule has 6 nitrogen and oxygen atoms in total. The lowest BCUT2D eigenvalue weighted by atomic mass is 10.1. The monoisotopic (exact) mass is 436 g/mol. The maximum absolute atomic E-state index is 12.1. The third-order valence-corrected chi connectivity index (χ3v) is 4.21. The highest BCUT2D eigenvalue weighted by atomic mass is 35.5. The van der Waals surface area contributed by atoms with Crippen molar-refractivity contribution in [2.75, 3.05) is 27.4 Å². The van der Waals surface area contributed by atoms with E-state index in [1.54, 1.807) is 14.2 Å². The van der Waals surface area contributed by atoms with Gasteiger partial charge in [0.25, 0.3) is 5.91 Å². The third-order valence-electron chi connectivity index (χ3n) is 4.21. The minimum absolute atomic E-state index is 0. The number of amides is 1. The number of para-hydroxylation sites is 1. The zero-order chi connectivity index (χ0) is 21.3. The molecule has 0 unspecified atom stereocenters. The van der Waals surface area contributed by atoms with Crippen LogP contribution in [0.15, 0.2) is 42.5 Å². The van der Waals surface area contributed by atoms with E-state index in [1.807, 2.05) is 51.1 Å². The molecular formula is C23H33ClN2O4. The van der Waals surface area contributed by atoms with Gasteiger partial charge in [-0.05, 0) is 57.5 Å². The van der Waals surface area contributed by atoms with Gasteiger partial charge in [0, 0.05) is 17.6 Å². The van der Waals surface area contributed by atoms with Crippen LogP contribution in [0.4, 0.5) is 0 Å². The van der Waals surface area contributed by atoms with Crippen LogP contribution in [0.25, 0.3) is 0 Å². The second kappa shape index (κ2) is 12.3. The van der Waals surface area contributed by atoms with E-state index in [4.69, 9.17) is 14.2 Å². The summed E-state index contributed by atoms with van der Waals surface area (Å²) >= 11 is 0. The van der Waals surface area contributed by atoms with E-state index in [2.05, 4.69) is 22.8 Å². The highest BCUT2D eigenvalue weighted by Crippen LogP contribution is 2.31. The van der Waals surface area contributed by atoms with Crippen LogP contribution < -0.4 is 24.8 Å². The lowest BCUT2D eigenvalue weighted by Gasteiger charge is -2.21. The number of rotatable bonds is 10. The molecule has 166 valence electrons. The molecule has 2 aromatic carbocycles. The average molecular weight is 437 g/mol.